The maximum Gasteiger partial charge on any atom is 0.255 e. The highest BCUT2D eigenvalue weighted by molar-refractivity contribution is 6.05. The van der Waals surface area contributed by atoms with Gasteiger partial charge < -0.3 is 10.6 Å². The van der Waals surface area contributed by atoms with E-state index in [0.29, 0.717) is 23.4 Å². The monoisotopic (exact) mass is 314 g/mol. The van der Waals surface area contributed by atoms with Crippen LogP contribution in [0.4, 0.5) is 11.4 Å². The Hall–Kier alpha value is -2.63. The summed E-state index contributed by atoms with van der Waals surface area (Å²) in [6.07, 6.45) is 2.37. The first-order chi connectivity index (χ1) is 11.0. The van der Waals surface area contributed by atoms with E-state index >= 15 is 0 Å². The van der Waals surface area contributed by atoms with Gasteiger partial charge in [-0.25, -0.2) is 0 Å². The molecule has 0 spiro atoms. The van der Waals surface area contributed by atoms with Crippen molar-refractivity contribution in [2.45, 2.75) is 40.0 Å². The molecule has 23 heavy (non-hydrogen) atoms. The van der Waals surface area contributed by atoms with Crippen molar-refractivity contribution in [2.24, 2.45) is 0 Å². The van der Waals surface area contributed by atoms with Crippen LogP contribution in [0, 0.1) is 13.8 Å². The number of benzene rings is 1. The Bertz CT molecular complexity index is 670. The molecule has 0 fully saturated rings. The van der Waals surface area contributed by atoms with Gasteiger partial charge in [0.1, 0.15) is 0 Å². The van der Waals surface area contributed by atoms with E-state index in [1.807, 2.05) is 20.8 Å². The van der Waals surface area contributed by atoms with Crippen LogP contribution in [0.1, 0.15) is 47.9 Å². The van der Waals surface area contributed by atoms with Crippen molar-refractivity contribution < 1.29 is 9.59 Å². The molecule has 2 aromatic rings. The van der Waals surface area contributed by atoms with Crippen molar-refractivity contribution >= 4 is 23.2 Å². The second-order valence-corrected chi connectivity index (χ2v) is 5.49. The van der Waals surface area contributed by atoms with Gasteiger partial charge in [0, 0.05) is 17.7 Å². The van der Waals surface area contributed by atoms with Gasteiger partial charge in [-0.05, 0) is 44.5 Å². The lowest BCUT2D eigenvalue weighted by molar-refractivity contribution is -0.116. The Morgan fingerprint density at radius 3 is 2.39 bits per heavy atom. The predicted molar refractivity (Wildman–Crippen MR) is 90.6 cm³/mol. The minimum absolute atomic E-state index is 0.00583. The SMILES string of the molecule is CCCCC(=O)Nc1ccc(C(=O)Nc2c(C)n[nH]c2C)cc1. The fourth-order valence-corrected chi connectivity index (χ4v) is 2.19. The quantitative estimate of drug-likeness (QED) is 0.763. The van der Waals surface area contributed by atoms with Crippen LogP contribution >= 0.6 is 0 Å². The lowest BCUT2D eigenvalue weighted by atomic mass is 10.1. The highest BCUT2D eigenvalue weighted by Gasteiger charge is 2.12. The number of carbonyl (C=O) groups excluding carboxylic acids is 2. The van der Waals surface area contributed by atoms with E-state index in [-0.39, 0.29) is 11.8 Å². The van der Waals surface area contributed by atoms with Gasteiger partial charge in [-0.2, -0.15) is 5.10 Å². The number of unbranched alkanes of at least 4 members (excludes halogenated alkanes) is 1. The zero-order chi connectivity index (χ0) is 16.8. The van der Waals surface area contributed by atoms with Gasteiger partial charge in [0.2, 0.25) is 5.91 Å². The maximum atomic E-state index is 12.3. The summed E-state index contributed by atoms with van der Waals surface area (Å²) in [7, 11) is 0. The lowest BCUT2D eigenvalue weighted by Gasteiger charge is -2.07. The largest absolute Gasteiger partial charge is 0.326 e. The molecule has 0 saturated carbocycles. The van der Waals surface area contributed by atoms with Crippen LogP contribution in [0.3, 0.4) is 0 Å². The molecule has 0 radical (unpaired) electrons. The number of aryl methyl sites for hydroxylation is 2. The molecule has 1 aromatic heterocycles. The summed E-state index contributed by atoms with van der Waals surface area (Å²) in [5, 5.41) is 12.5. The Balaban J connectivity index is 1.99. The fourth-order valence-electron chi connectivity index (χ4n) is 2.19. The molecule has 2 rings (SSSR count). The molecular formula is C17H22N4O2. The van der Waals surface area contributed by atoms with Crippen molar-refractivity contribution in [1.82, 2.24) is 10.2 Å². The number of aromatic amines is 1. The molecule has 0 aliphatic carbocycles. The number of rotatable bonds is 6. The number of nitrogens with one attached hydrogen (secondary N) is 3. The van der Waals surface area contributed by atoms with E-state index in [1.54, 1.807) is 24.3 Å². The van der Waals surface area contributed by atoms with Gasteiger partial charge in [-0.15, -0.1) is 0 Å². The van der Waals surface area contributed by atoms with E-state index in [4.69, 9.17) is 0 Å². The van der Waals surface area contributed by atoms with E-state index < -0.39 is 0 Å². The van der Waals surface area contributed by atoms with Crippen LogP contribution < -0.4 is 10.6 Å². The average molecular weight is 314 g/mol. The molecule has 6 heteroatoms. The third kappa shape index (κ3) is 4.42. The number of hydrogen-bond acceptors (Lipinski definition) is 3. The van der Waals surface area contributed by atoms with E-state index in [1.165, 1.54) is 0 Å². The zero-order valence-corrected chi connectivity index (χ0v) is 13.7. The molecule has 0 saturated heterocycles. The van der Waals surface area contributed by atoms with Crippen LogP contribution in [0.2, 0.25) is 0 Å². The lowest BCUT2D eigenvalue weighted by Crippen LogP contribution is -2.14. The highest BCUT2D eigenvalue weighted by Crippen LogP contribution is 2.18. The highest BCUT2D eigenvalue weighted by atomic mass is 16.2. The minimum Gasteiger partial charge on any atom is -0.326 e. The van der Waals surface area contributed by atoms with Gasteiger partial charge in [-0.3, -0.25) is 14.7 Å². The molecule has 0 bridgehead atoms. The second kappa shape index (κ2) is 7.58. The van der Waals surface area contributed by atoms with Gasteiger partial charge in [0.15, 0.2) is 0 Å². The molecule has 0 unspecified atom stereocenters. The first-order valence-corrected chi connectivity index (χ1v) is 7.74. The summed E-state index contributed by atoms with van der Waals surface area (Å²) in [5.41, 5.74) is 3.48. The Labute approximate surface area is 135 Å². The molecular weight excluding hydrogens is 292 g/mol. The Morgan fingerprint density at radius 2 is 1.83 bits per heavy atom. The summed E-state index contributed by atoms with van der Waals surface area (Å²) in [4.78, 5) is 23.9. The summed E-state index contributed by atoms with van der Waals surface area (Å²) < 4.78 is 0. The second-order valence-electron chi connectivity index (χ2n) is 5.49. The average Bonchev–Trinajstić information content (AvgIpc) is 2.85. The normalized spacial score (nSPS) is 10.4. The Kier molecular flexibility index (Phi) is 5.51. The minimum atomic E-state index is -0.207. The van der Waals surface area contributed by atoms with Gasteiger partial charge in [0.05, 0.1) is 17.1 Å². The summed E-state index contributed by atoms with van der Waals surface area (Å²) in [6.45, 7) is 5.72. The van der Waals surface area contributed by atoms with Crippen molar-refractivity contribution in [3.8, 4) is 0 Å². The van der Waals surface area contributed by atoms with Crippen LogP contribution in [0.5, 0.6) is 0 Å². The van der Waals surface area contributed by atoms with Crippen molar-refractivity contribution in [3.05, 3.63) is 41.2 Å². The van der Waals surface area contributed by atoms with Crippen LogP contribution in [0.15, 0.2) is 24.3 Å². The number of aromatic nitrogens is 2. The molecule has 6 nitrogen and oxygen atoms in total. The number of carbonyl (C=O) groups is 2. The number of anilines is 2. The first-order valence-electron chi connectivity index (χ1n) is 7.74. The third-order valence-electron chi connectivity index (χ3n) is 3.55. The summed E-state index contributed by atoms with van der Waals surface area (Å²) in [6, 6.07) is 6.84. The molecule has 1 heterocycles. The standard InChI is InChI=1S/C17H22N4O2/c1-4-5-6-15(22)18-14-9-7-13(8-10-14)17(23)19-16-11(2)20-21-12(16)3/h7-10H,4-6H2,1-3H3,(H,18,22)(H,19,23)(H,20,21). The molecule has 0 aliphatic heterocycles. The summed E-state index contributed by atoms with van der Waals surface area (Å²) in [5.74, 6) is -0.213. The number of H-pyrrole nitrogens is 1. The smallest absolute Gasteiger partial charge is 0.255 e. The Morgan fingerprint density at radius 1 is 1.13 bits per heavy atom. The van der Waals surface area contributed by atoms with Crippen LogP contribution in [0.25, 0.3) is 0 Å². The molecule has 122 valence electrons. The van der Waals surface area contributed by atoms with Gasteiger partial charge in [0.25, 0.3) is 5.91 Å². The van der Waals surface area contributed by atoms with Crippen LogP contribution in [-0.4, -0.2) is 22.0 Å². The van der Waals surface area contributed by atoms with Crippen molar-refractivity contribution in [2.75, 3.05) is 10.6 Å². The summed E-state index contributed by atoms with van der Waals surface area (Å²) >= 11 is 0. The van der Waals surface area contributed by atoms with Gasteiger partial charge in [-0.1, -0.05) is 13.3 Å². The van der Waals surface area contributed by atoms with E-state index in [9.17, 15) is 9.59 Å². The molecule has 0 aliphatic rings. The van der Waals surface area contributed by atoms with Crippen LogP contribution in [-0.2, 0) is 4.79 Å². The van der Waals surface area contributed by atoms with Crippen molar-refractivity contribution in [3.63, 3.8) is 0 Å². The van der Waals surface area contributed by atoms with E-state index in [0.717, 1.165) is 24.2 Å². The number of hydrogen-bond donors (Lipinski definition) is 3. The van der Waals surface area contributed by atoms with Crippen molar-refractivity contribution in [1.29, 1.82) is 0 Å². The predicted octanol–water partition coefficient (Wildman–Crippen LogP) is 3.41. The number of amides is 2. The number of nitrogens with zero attached hydrogens (tertiary/aromatic N) is 1. The van der Waals surface area contributed by atoms with Gasteiger partial charge >= 0.3 is 0 Å². The topological polar surface area (TPSA) is 86.9 Å². The third-order valence-corrected chi connectivity index (χ3v) is 3.55. The van der Waals surface area contributed by atoms with E-state index in [2.05, 4.69) is 20.8 Å². The maximum absolute atomic E-state index is 12.3. The molecule has 2 amide bonds. The molecule has 0 atom stereocenters. The molecule has 1 aromatic carbocycles. The fraction of sp³-hybridized carbons (Fsp3) is 0.353. The first kappa shape index (κ1) is 16.7. The zero-order valence-electron chi connectivity index (χ0n) is 13.7. The molecule has 3 N–H and O–H groups in total.